The van der Waals surface area contributed by atoms with E-state index >= 15 is 0 Å². The van der Waals surface area contributed by atoms with E-state index in [4.69, 9.17) is 4.74 Å². The quantitative estimate of drug-likeness (QED) is 0.585. The van der Waals surface area contributed by atoms with Crippen LogP contribution in [0.25, 0.3) is 22.0 Å². The molecule has 5 nitrogen and oxygen atoms in total. The molecule has 31 heavy (non-hydrogen) atoms. The van der Waals surface area contributed by atoms with E-state index in [1.54, 1.807) is 6.20 Å². The molecule has 4 rings (SSSR count). The normalized spacial score (nSPS) is 15.8. The number of nitrogens with zero attached hydrogens (tertiary/aromatic N) is 2. The van der Waals surface area contributed by atoms with Gasteiger partial charge in [0.05, 0.1) is 35.3 Å². The Bertz CT molecular complexity index is 1240. The summed E-state index contributed by atoms with van der Waals surface area (Å²) in [4.78, 5) is 17.6. The maximum Gasteiger partial charge on any atom is 0.336 e. The summed E-state index contributed by atoms with van der Waals surface area (Å²) in [6.07, 6.45) is 4.25. The zero-order chi connectivity index (χ0) is 21.8. The van der Waals surface area contributed by atoms with E-state index in [9.17, 15) is 10.1 Å². The Hall–Kier alpha value is -3.91. The number of ether oxygens (including phenoxy) is 1. The summed E-state index contributed by atoms with van der Waals surface area (Å²) in [7, 11) is 0. The van der Waals surface area contributed by atoms with Crippen molar-refractivity contribution in [3.05, 3.63) is 89.4 Å². The molecule has 2 aromatic carbocycles. The smallest absolute Gasteiger partial charge is 0.336 e. The van der Waals surface area contributed by atoms with Gasteiger partial charge in [-0.2, -0.15) is 5.26 Å². The number of carbonyl (C=O) groups is 1. The first-order valence-electron chi connectivity index (χ1n) is 10.3. The number of rotatable bonds is 5. The molecule has 0 saturated carbocycles. The highest BCUT2D eigenvalue weighted by Gasteiger charge is 2.33. The van der Waals surface area contributed by atoms with Crippen LogP contribution < -0.4 is 5.32 Å². The molecular weight excluding hydrogens is 386 g/mol. The lowest BCUT2D eigenvalue weighted by Gasteiger charge is -2.26. The number of dihydropyridines is 1. The summed E-state index contributed by atoms with van der Waals surface area (Å²) in [6.45, 7) is 4.12. The Labute approximate surface area is 181 Å². The van der Waals surface area contributed by atoms with Gasteiger partial charge in [0, 0.05) is 29.0 Å². The second kappa shape index (κ2) is 8.85. The molecule has 2 heterocycles. The first-order valence-corrected chi connectivity index (χ1v) is 10.3. The van der Waals surface area contributed by atoms with E-state index < -0.39 is 11.9 Å². The number of nitriles is 1. The van der Waals surface area contributed by atoms with Crippen LogP contribution in [0, 0.1) is 11.3 Å². The molecule has 0 saturated heterocycles. The molecule has 1 aliphatic rings. The molecule has 0 fully saturated rings. The van der Waals surface area contributed by atoms with Crippen molar-refractivity contribution < 1.29 is 9.53 Å². The van der Waals surface area contributed by atoms with Gasteiger partial charge in [0.1, 0.15) is 0 Å². The van der Waals surface area contributed by atoms with Crippen molar-refractivity contribution in [1.29, 1.82) is 5.26 Å². The number of hydrogen-bond acceptors (Lipinski definition) is 5. The summed E-state index contributed by atoms with van der Waals surface area (Å²) in [6, 6.07) is 20.2. The molecule has 0 bridgehead atoms. The zero-order valence-electron chi connectivity index (χ0n) is 17.6. The molecule has 1 unspecified atom stereocenters. The van der Waals surface area contributed by atoms with Gasteiger partial charge < -0.3 is 10.1 Å². The first kappa shape index (κ1) is 20.4. The van der Waals surface area contributed by atoms with Gasteiger partial charge in [0.2, 0.25) is 0 Å². The number of nitrogens with one attached hydrogen (secondary N) is 1. The fraction of sp³-hybridized carbons (Fsp3) is 0.192. The Kier molecular flexibility index (Phi) is 5.81. The molecule has 1 N–H and O–H groups in total. The van der Waals surface area contributed by atoms with Crippen LogP contribution in [0.2, 0.25) is 0 Å². The number of hydrogen-bond donors (Lipinski definition) is 1. The molecule has 3 aromatic rings. The van der Waals surface area contributed by atoms with Crippen molar-refractivity contribution in [2.45, 2.75) is 26.2 Å². The number of esters is 1. The third kappa shape index (κ3) is 3.93. The van der Waals surface area contributed by atoms with Crippen LogP contribution in [0.1, 0.15) is 31.7 Å². The van der Waals surface area contributed by atoms with Gasteiger partial charge in [-0.3, -0.25) is 4.98 Å². The minimum atomic E-state index is -0.521. The highest BCUT2D eigenvalue weighted by molar-refractivity contribution is 5.96. The van der Waals surface area contributed by atoms with E-state index in [-0.39, 0.29) is 0 Å². The number of carbonyl (C=O) groups excluding carboxylic acids is 1. The van der Waals surface area contributed by atoms with Crippen LogP contribution in [0.4, 0.5) is 0 Å². The summed E-state index contributed by atoms with van der Waals surface area (Å²) >= 11 is 0. The van der Waals surface area contributed by atoms with Crippen molar-refractivity contribution in [3.63, 3.8) is 0 Å². The Balaban J connectivity index is 1.90. The van der Waals surface area contributed by atoms with E-state index in [0.29, 0.717) is 23.5 Å². The summed E-state index contributed by atoms with van der Waals surface area (Å²) in [5.41, 5.74) is 5.33. The van der Waals surface area contributed by atoms with Crippen molar-refractivity contribution in [2.24, 2.45) is 0 Å². The molecule has 0 radical (unpaired) electrons. The standard InChI is InChI=1S/C26H23N3O2/c1-3-12-31-26(30)24-17(2)28-16-20(14-27)25(24)21-10-7-11-23-22(21)13-19(15-29-23)18-8-5-4-6-9-18/h4-11,13,15-16,25,28H,3,12H2,1-2H3. The van der Waals surface area contributed by atoms with Gasteiger partial charge in [-0.05, 0) is 36.6 Å². The number of aromatic nitrogens is 1. The van der Waals surface area contributed by atoms with Crippen LogP contribution in [-0.2, 0) is 9.53 Å². The summed E-state index contributed by atoms with van der Waals surface area (Å²) in [5.74, 6) is -0.922. The van der Waals surface area contributed by atoms with E-state index in [0.717, 1.165) is 34.0 Å². The van der Waals surface area contributed by atoms with Gasteiger partial charge in [0.15, 0.2) is 0 Å². The first-order chi connectivity index (χ1) is 15.1. The van der Waals surface area contributed by atoms with Crippen LogP contribution in [0.15, 0.2) is 83.8 Å². The molecule has 0 aliphatic carbocycles. The van der Waals surface area contributed by atoms with Gasteiger partial charge in [-0.1, -0.05) is 49.4 Å². The highest BCUT2D eigenvalue weighted by Crippen LogP contribution is 2.39. The fourth-order valence-electron chi connectivity index (χ4n) is 3.89. The van der Waals surface area contributed by atoms with Gasteiger partial charge >= 0.3 is 5.97 Å². The maximum absolute atomic E-state index is 13.0. The monoisotopic (exact) mass is 409 g/mol. The Morgan fingerprint density at radius 3 is 2.71 bits per heavy atom. The van der Waals surface area contributed by atoms with Crippen LogP contribution in [0.3, 0.4) is 0 Å². The van der Waals surface area contributed by atoms with Crippen molar-refractivity contribution in [3.8, 4) is 17.2 Å². The van der Waals surface area contributed by atoms with E-state index in [1.807, 2.05) is 68.6 Å². The fourth-order valence-corrected chi connectivity index (χ4v) is 3.89. The second-order valence-electron chi connectivity index (χ2n) is 7.47. The molecule has 1 atom stereocenters. The van der Waals surface area contributed by atoms with E-state index in [2.05, 4.69) is 22.4 Å². The topological polar surface area (TPSA) is 75.0 Å². The van der Waals surface area contributed by atoms with Gasteiger partial charge in [0.25, 0.3) is 0 Å². The minimum absolute atomic E-state index is 0.336. The largest absolute Gasteiger partial charge is 0.462 e. The van der Waals surface area contributed by atoms with Crippen molar-refractivity contribution in [2.75, 3.05) is 6.61 Å². The van der Waals surface area contributed by atoms with Crippen LogP contribution >= 0.6 is 0 Å². The Morgan fingerprint density at radius 1 is 1.16 bits per heavy atom. The molecule has 5 heteroatoms. The van der Waals surface area contributed by atoms with E-state index in [1.165, 1.54) is 0 Å². The number of allylic oxidation sites excluding steroid dienone is 2. The van der Waals surface area contributed by atoms with Crippen LogP contribution in [0.5, 0.6) is 0 Å². The van der Waals surface area contributed by atoms with Crippen molar-refractivity contribution >= 4 is 16.9 Å². The maximum atomic E-state index is 13.0. The third-order valence-corrected chi connectivity index (χ3v) is 5.41. The van der Waals surface area contributed by atoms with Gasteiger partial charge in [-0.25, -0.2) is 4.79 Å². The molecule has 0 spiro atoms. The number of pyridine rings is 1. The highest BCUT2D eigenvalue weighted by atomic mass is 16.5. The zero-order valence-corrected chi connectivity index (χ0v) is 17.6. The molecule has 154 valence electrons. The predicted molar refractivity (Wildman–Crippen MR) is 121 cm³/mol. The van der Waals surface area contributed by atoms with Gasteiger partial charge in [-0.15, -0.1) is 0 Å². The molecular formula is C26H23N3O2. The lowest BCUT2D eigenvalue weighted by Crippen LogP contribution is -2.26. The SMILES string of the molecule is CCCOC(=O)C1=C(C)NC=C(C#N)C1c1cccc2ncc(-c3ccccc3)cc12. The van der Waals surface area contributed by atoms with Crippen molar-refractivity contribution in [1.82, 2.24) is 10.3 Å². The number of fused-ring (bicyclic) bond motifs is 1. The summed E-state index contributed by atoms with van der Waals surface area (Å²) in [5, 5.41) is 13.8. The Morgan fingerprint density at radius 2 is 1.97 bits per heavy atom. The molecule has 1 aliphatic heterocycles. The predicted octanol–water partition coefficient (Wildman–Crippen LogP) is 5.22. The lowest BCUT2D eigenvalue weighted by molar-refractivity contribution is -0.139. The second-order valence-corrected chi connectivity index (χ2v) is 7.47. The molecule has 0 amide bonds. The third-order valence-electron chi connectivity index (χ3n) is 5.41. The summed E-state index contributed by atoms with van der Waals surface area (Å²) < 4.78 is 5.46. The average Bonchev–Trinajstić information content (AvgIpc) is 2.82. The minimum Gasteiger partial charge on any atom is -0.462 e. The average molecular weight is 409 g/mol. The lowest BCUT2D eigenvalue weighted by atomic mass is 9.81. The molecule has 1 aromatic heterocycles. The van der Waals surface area contributed by atoms with Crippen LogP contribution in [-0.4, -0.2) is 17.6 Å². The number of benzene rings is 2.